The van der Waals surface area contributed by atoms with E-state index < -0.39 is 0 Å². The summed E-state index contributed by atoms with van der Waals surface area (Å²) in [6, 6.07) is 3.29. The van der Waals surface area contributed by atoms with Gasteiger partial charge in [-0.2, -0.15) is 0 Å². The van der Waals surface area contributed by atoms with E-state index in [4.69, 9.17) is 5.73 Å². The van der Waals surface area contributed by atoms with E-state index in [1.165, 1.54) is 0 Å². The molecule has 1 rings (SSSR count). The minimum atomic E-state index is -0.131. The Hall–Kier alpha value is -1.62. The molecular weight excluding hydrogens is 204 g/mol. The van der Waals surface area contributed by atoms with Crippen molar-refractivity contribution in [2.24, 2.45) is 0 Å². The van der Waals surface area contributed by atoms with Crippen LogP contribution in [0, 0.1) is 0 Å². The fourth-order valence-corrected chi connectivity index (χ4v) is 1.05. The summed E-state index contributed by atoms with van der Waals surface area (Å²) in [5, 5.41) is 5.75. The van der Waals surface area contributed by atoms with E-state index in [0.717, 1.165) is 0 Å². The third-order valence-corrected chi connectivity index (χ3v) is 1.83. The monoisotopic (exact) mass is 222 g/mol. The zero-order valence-corrected chi connectivity index (χ0v) is 9.87. The van der Waals surface area contributed by atoms with Crippen molar-refractivity contribution < 1.29 is 4.79 Å². The maximum Gasteiger partial charge on any atom is 0.239 e. The van der Waals surface area contributed by atoms with Gasteiger partial charge >= 0.3 is 0 Å². The average molecular weight is 222 g/mol. The van der Waals surface area contributed by atoms with Gasteiger partial charge in [-0.1, -0.05) is 0 Å². The Balaban J connectivity index is 2.46. The van der Waals surface area contributed by atoms with Gasteiger partial charge in [0, 0.05) is 23.5 Å². The van der Waals surface area contributed by atoms with Crippen LogP contribution in [0.4, 0.5) is 11.5 Å². The number of carbonyl (C=O) groups excluding carboxylic acids is 1. The van der Waals surface area contributed by atoms with Gasteiger partial charge in [-0.3, -0.25) is 4.79 Å². The number of pyridine rings is 1. The van der Waals surface area contributed by atoms with Crippen LogP contribution in [0.15, 0.2) is 18.3 Å². The molecule has 0 aliphatic heterocycles. The largest absolute Gasteiger partial charge is 0.399 e. The first-order chi connectivity index (χ1) is 7.37. The van der Waals surface area contributed by atoms with Gasteiger partial charge in [0.2, 0.25) is 5.91 Å². The quantitative estimate of drug-likeness (QED) is 0.712. The lowest BCUT2D eigenvalue weighted by Gasteiger charge is -2.19. The lowest BCUT2D eigenvalue weighted by Crippen LogP contribution is -2.41. The topological polar surface area (TPSA) is 80.0 Å². The molecule has 0 aliphatic rings. The van der Waals surface area contributed by atoms with Crippen molar-refractivity contribution in [1.82, 2.24) is 10.3 Å². The zero-order valence-electron chi connectivity index (χ0n) is 9.87. The van der Waals surface area contributed by atoms with Gasteiger partial charge in [0.1, 0.15) is 5.82 Å². The van der Waals surface area contributed by atoms with E-state index in [-0.39, 0.29) is 18.0 Å². The van der Waals surface area contributed by atoms with Crippen molar-refractivity contribution in [2.75, 3.05) is 17.6 Å². The second kappa shape index (κ2) is 4.94. The summed E-state index contributed by atoms with van der Waals surface area (Å²) >= 11 is 0. The number of nitrogens with zero attached hydrogens (tertiary/aromatic N) is 1. The van der Waals surface area contributed by atoms with E-state index in [1.54, 1.807) is 18.3 Å². The Bertz CT molecular complexity index is 370. The summed E-state index contributed by atoms with van der Waals surface area (Å²) in [4.78, 5) is 15.5. The number of amides is 1. The molecule has 0 atom stereocenters. The Morgan fingerprint density at radius 2 is 2.19 bits per heavy atom. The molecule has 0 spiro atoms. The first-order valence-electron chi connectivity index (χ1n) is 5.13. The van der Waals surface area contributed by atoms with Crippen molar-refractivity contribution in [3.05, 3.63) is 18.3 Å². The van der Waals surface area contributed by atoms with Crippen LogP contribution in [-0.4, -0.2) is 23.0 Å². The minimum Gasteiger partial charge on any atom is -0.399 e. The normalized spacial score (nSPS) is 11.2. The highest BCUT2D eigenvalue weighted by Crippen LogP contribution is 2.07. The highest BCUT2D eigenvalue weighted by atomic mass is 16.2. The van der Waals surface area contributed by atoms with Crippen molar-refractivity contribution in [1.29, 1.82) is 0 Å². The molecule has 1 heterocycles. The van der Waals surface area contributed by atoms with E-state index in [2.05, 4.69) is 15.6 Å². The minimum absolute atomic E-state index is 0.0829. The molecule has 0 saturated heterocycles. The summed E-state index contributed by atoms with van der Waals surface area (Å²) in [5.74, 6) is 0.341. The predicted molar refractivity (Wildman–Crippen MR) is 65.0 cm³/mol. The van der Waals surface area contributed by atoms with Gasteiger partial charge in [0.05, 0.1) is 6.54 Å². The summed E-state index contributed by atoms with van der Waals surface area (Å²) in [6.07, 6.45) is 1.56. The van der Waals surface area contributed by atoms with Crippen LogP contribution in [0.25, 0.3) is 0 Å². The van der Waals surface area contributed by atoms with Crippen LogP contribution in [0.1, 0.15) is 20.8 Å². The molecular formula is C11H18N4O. The highest BCUT2D eigenvalue weighted by Gasteiger charge is 2.11. The van der Waals surface area contributed by atoms with Crippen LogP contribution in [0.5, 0.6) is 0 Å². The number of hydrogen-bond donors (Lipinski definition) is 3. The van der Waals surface area contributed by atoms with E-state index >= 15 is 0 Å². The van der Waals surface area contributed by atoms with Gasteiger partial charge in [-0.25, -0.2) is 4.98 Å². The van der Waals surface area contributed by atoms with Crippen molar-refractivity contribution in [3.63, 3.8) is 0 Å². The van der Waals surface area contributed by atoms with Gasteiger partial charge in [0.25, 0.3) is 0 Å². The molecule has 1 aromatic heterocycles. The average Bonchev–Trinajstić information content (AvgIpc) is 2.14. The molecule has 1 amide bonds. The van der Waals surface area contributed by atoms with Crippen LogP contribution in [0.3, 0.4) is 0 Å². The third-order valence-electron chi connectivity index (χ3n) is 1.83. The lowest BCUT2D eigenvalue weighted by atomic mass is 10.1. The molecule has 0 unspecified atom stereocenters. The van der Waals surface area contributed by atoms with Gasteiger partial charge in [0.15, 0.2) is 0 Å². The first-order valence-corrected chi connectivity index (χ1v) is 5.13. The van der Waals surface area contributed by atoms with Gasteiger partial charge < -0.3 is 16.4 Å². The maximum atomic E-state index is 11.5. The number of nitrogens with two attached hydrogens (primary N) is 1. The lowest BCUT2D eigenvalue weighted by molar-refractivity contribution is -0.115. The molecule has 4 N–H and O–H groups in total. The van der Waals surface area contributed by atoms with E-state index in [0.29, 0.717) is 11.5 Å². The molecule has 5 nitrogen and oxygen atoms in total. The van der Waals surface area contributed by atoms with E-state index in [9.17, 15) is 4.79 Å². The van der Waals surface area contributed by atoms with Crippen molar-refractivity contribution in [3.8, 4) is 0 Å². The van der Waals surface area contributed by atoms with Crippen molar-refractivity contribution >= 4 is 17.4 Å². The molecule has 0 aliphatic carbocycles. The Labute approximate surface area is 95.4 Å². The highest BCUT2D eigenvalue weighted by molar-refractivity contribution is 5.91. The van der Waals surface area contributed by atoms with Crippen LogP contribution in [-0.2, 0) is 4.79 Å². The summed E-state index contributed by atoms with van der Waals surface area (Å²) in [7, 11) is 0. The molecule has 0 fully saturated rings. The SMILES string of the molecule is CC(C)(C)NCC(=O)Nc1cc(N)ccn1. The standard InChI is InChI=1S/C11H18N4O/c1-11(2,3)14-7-10(16)15-9-6-8(12)4-5-13-9/h4-6,14H,7H2,1-3H3,(H3,12,13,15,16). The number of carbonyl (C=O) groups is 1. The summed E-state index contributed by atoms with van der Waals surface area (Å²) < 4.78 is 0. The molecule has 0 bridgehead atoms. The molecule has 16 heavy (non-hydrogen) atoms. The number of nitrogen functional groups attached to an aromatic ring is 1. The van der Waals surface area contributed by atoms with Crippen LogP contribution >= 0.6 is 0 Å². The number of hydrogen-bond acceptors (Lipinski definition) is 4. The second-order valence-electron chi connectivity index (χ2n) is 4.63. The molecule has 5 heteroatoms. The van der Waals surface area contributed by atoms with Gasteiger partial charge in [-0.05, 0) is 26.8 Å². The van der Waals surface area contributed by atoms with Crippen LogP contribution in [0.2, 0.25) is 0 Å². The fraction of sp³-hybridized carbons (Fsp3) is 0.455. The number of nitrogens with one attached hydrogen (secondary N) is 2. The molecule has 0 saturated carbocycles. The van der Waals surface area contributed by atoms with Gasteiger partial charge in [-0.15, -0.1) is 0 Å². The Kier molecular flexibility index (Phi) is 3.84. The Morgan fingerprint density at radius 1 is 1.50 bits per heavy atom. The van der Waals surface area contributed by atoms with Crippen LogP contribution < -0.4 is 16.4 Å². The van der Waals surface area contributed by atoms with Crippen molar-refractivity contribution in [2.45, 2.75) is 26.3 Å². The molecule has 1 aromatic rings. The second-order valence-corrected chi connectivity index (χ2v) is 4.63. The fourth-order valence-electron chi connectivity index (χ4n) is 1.05. The number of aromatic nitrogens is 1. The number of rotatable bonds is 3. The molecule has 0 radical (unpaired) electrons. The first kappa shape index (κ1) is 12.4. The summed E-state index contributed by atoms with van der Waals surface area (Å²) in [6.45, 7) is 6.25. The zero-order chi connectivity index (χ0) is 12.2. The van der Waals surface area contributed by atoms with E-state index in [1.807, 2.05) is 20.8 Å². The maximum absolute atomic E-state index is 11.5. The summed E-state index contributed by atoms with van der Waals surface area (Å²) in [5.41, 5.74) is 6.07. The smallest absolute Gasteiger partial charge is 0.239 e. The number of anilines is 2. The molecule has 88 valence electrons. The molecule has 0 aromatic carbocycles. The Morgan fingerprint density at radius 3 is 2.75 bits per heavy atom. The predicted octanol–water partition coefficient (Wildman–Crippen LogP) is 0.990. The third kappa shape index (κ3) is 4.75.